The monoisotopic (exact) mass is 380 g/mol. The summed E-state index contributed by atoms with van der Waals surface area (Å²) in [5.41, 5.74) is 2.87. The van der Waals surface area contributed by atoms with E-state index in [-0.39, 0.29) is 18.3 Å². The molecule has 5 rings (SSSR count). The van der Waals surface area contributed by atoms with E-state index >= 15 is 0 Å². The van der Waals surface area contributed by atoms with Crippen LogP contribution in [-0.2, 0) is 9.31 Å². The number of hydrogen-bond donors (Lipinski definition) is 0. The fourth-order valence-electron chi connectivity index (χ4n) is 4.11. The minimum Gasteiger partial charge on any atom is -0.399 e. The Morgan fingerprint density at radius 2 is 1.10 bits per heavy atom. The highest BCUT2D eigenvalue weighted by Gasteiger charge is 2.51. The normalized spacial score (nSPS) is 17.9. The van der Waals surface area contributed by atoms with Crippen molar-refractivity contribution in [2.75, 3.05) is 0 Å². The minimum atomic E-state index is -0.335. The largest absolute Gasteiger partial charge is 0.494 e. The fourth-order valence-corrected chi connectivity index (χ4v) is 4.11. The van der Waals surface area contributed by atoms with E-state index < -0.39 is 0 Å². The molecular formula is C26H25BO2. The van der Waals surface area contributed by atoms with Crippen LogP contribution in [0.15, 0.2) is 78.9 Å². The highest BCUT2D eigenvalue weighted by Crippen LogP contribution is 2.38. The molecular weight excluding hydrogens is 355 g/mol. The van der Waals surface area contributed by atoms with Crippen molar-refractivity contribution >= 4 is 34.1 Å². The van der Waals surface area contributed by atoms with Gasteiger partial charge in [-0.2, -0.15) is 0 Å². The molecule has 3 heteroatoms. The first-order chi connectivity index (χ1) is 13.9. The minimum absolute atomic E-state index is 0.331. The molecule has 0 spiro atoms. The van der Waals surface area contributed by atoms with Gasteiger partial charge >= 0.3 is 7.12 Å². The summed E-state index contributed by atoms with van der Waals surface area (Å²) in [6.07, 6.45) is 0. The molecule has 1 aliphatic heterocycles. The van der Waals surface area contributed by atoms with Crippen LogP contribution >= 0.6 is 0 Å². The first kappa shape index (κ1) is 18.4. The lowest BCUT2D eigenvalue weighted by molar-refractivity contribution is 0.00578. The Morgan fingerprint density at radius 3 is 1.62 bits per heavy atom. The summed E-state index contributed by atoms with van der Waals surface area (Å²) in [5, 5.41) is 5.07. The Morgan fingerprint density at radius 1 is 0.621 bits per heavy atom. The second-order valence-corrected chi connectivity index (χ2v) is 8.90. The van der Waals surface area contributed by atoms with Gasteiger partial charge in [0.1, 0.15) is 0 Å². The molecule has 1 heterocycles. The molecule has 1 aliphatic rings. The fraction of sp³-hybridized carbons (Fsp3) is 0.231. The maximum Gasteiger partial charge on any atom is 0.494 e. The number of benzene rings is 4. The Kier molecular flexibility index (Phi) is 4.09. The van der Waals surface area contributed by atoms with Gasteiger partial charge in [-0.1, -0.05) is 72.8 Å². The van der Waals surface area contributed by atoms with Crippen molar-refractivity contribution < 1.29 is 9.31 Å². The molecule has 4 aromatic carbocycles. The third kappa shape index (κ3) is 2.97. The first-order valence-corrected chi connectivity index (χ1v) is 10.2. The Bertz CT molecular complexity index is 1140. The molecule has 0 radical (unpaired) electrons. The molecule has 0 bridgehead atoms. The van der Waals surface area contributed by atoms with Crippen LogP contribution in [0.5, 0.6) is 0 Å². The molecule has 0 unspecified atom stereocenters. The van der Waals surface area contributed by atoms with Crippen molar-refractivity contribution in [1.29, 1.82) is 0 Å². The average molecular weight is 380 g/mol. The van der Waals surface area contributed by atoms with E-state index in [0.29, 0.717) is 0 Å². The van der Waals surface area contributed by atoms with Crippen molar-refractivity contribution in [2.24, 2.45) is 0 Å². The zero-order valence-electron chi connectivity index (χ0n) is 17.4. The maximum absolute atomic E-state index is 6.21. The first-order valence-electron chi connectivity index (χ1n) is 10.2. The predicted molar refractivity (Wildman–Crippen MR) is 123 cm³/mol. The van der Waals surface area contributed by atoms with E-state index in [2.05, 4.69) is 107 Å². The summed E-state index contributed by atoms with van der Waals surface area (Å²) in [7, 11) is -0.335. The molecule has 0 aliphatic carbocycles. The van der Waals surface area contributed by atoms with Gasteiger partial charge in [0, 0.05) is 0 Å². The predicted octanol–water partition coefficient (Wildman–Crippen LogP) is 5.96. The second-order valence-electron chi connectivity index (χ2n) is 8.90. The summed E-state index contributed by atoms with van der Waals surface area (Å²) in [6, 6.07) is 28.1. The Hall–Kier alpha value is -2.62. The molecule has 0 atom stereocenters. The van der Waals surface area contributed by atoms with Gasteiger partial charge in [0.25, 0.3) is 0 Å². The highest BCUT2D eigenvalue weighted by molar-refractivity contribution is 6.62. The highest BCUT2D eigenvalue weighted by atomic mass is 16.7. The van der Waals surface area contributed by atoms with Gasteiger partial charge in [0.15, 0.2) is 0 Å². The molecule has 1 fully saturated rings. The van der Waals surface area contributed by atoms with Crippen LogP contribution in [0.2, 0.25) is 0 Å². The van der Waals surface area contributed by atoms with Crippen molar-refractivity contribution in [2.45, 2.75) is 38.9 Å². The molecule has 2 nitrogen and oxygen atoms in total. The molecule has 4 aromatic rings. The lowest BCUT2D eigenvalue weighted by Gasteiger charge is -2.32. The molecule has 1 saturated heterocycles. The Balaban J connectivity index is 1.61. The summed E-state index contributed by atoms with van der Waals surface area (Å²) in [5.74, 6) is 0. The van der Waals surface area contributed by atoms with Crippen molar-refractivity contribution in [3.05, 3.63) is 78.9 Å². The summed E-state index contributed by atoms with van der Waals surface area (Å²) in [6.45, 7) is 8.35. The van der Waals surface area contributed by atoms with Crippen LogP contribution in [0.4, 0.5) is 0 Å². The van der Waals surface area contributed by atoms with Crippen LogP contribution in [-0.4, -0.2) is 18.3 Å². The lowest BCUT2D eigenvalue weighted by Crippen LogP contribution is -2.41. The maximum atomic E-state index is 6.21. The van der Waals surface area contributed by atoms with Crippen molar-refractivity contribution in [1.82, 2.24) is 0 Å². The van der Waals surface area contributed by atoms with Crippen LogP contribution < -0.4 is 5.46 Å². The second kappa shape index (κ2) is 6.45. The molecule has 0 saturated carbocycles. The van der Waals surface area contributed by atoms with Crippen LogP contribution in [0.25, 0.3) is 32.7 Å². The molecule has 144 valence electrons. The van der Waals surface area contributed by atoms with Gasteiger partial charge in [-0.3, -0.25) is 0 Å². The summed E-state index contributed by atoms with van der Waals surface area (Å²) >= 11 is 0. The van der Waals surface area contributed by atoms with E-state index in [1.807, 2.05) is 0 Å². The van der Waals surface area contributed by atoms with Gasteiger partial charge in [-0.25, -0.2) is 0 Å². The SMILES string of the molecule is CC1(C)OB(c2ccc(-c3c4ccccc4cc4ccccc34)cc2)OC1(C)C. The number of fused-ring (bicyclic) bond motifs is 2. The van der Waals surface area contributed by atoms with Crippen molar-refractivity contribution in [3.8, 4) is 11.1 Å². The van der Waals surface area contributed by atoms with Gasteiger partial charge in [0.05, 0.1) is 11.2 Å². The van der Waals surface area contributed by atoms with Gasteiger partial charge in [-0.15, -0.1) is 0 Å². The van der Waals surface area contributed by atoms with E-state index in [1.165, 1.54) is 32.7 Å². The lowest BCUT2D eigenvalue weighted by atomic mass is 9.78. The molecule has 29 heavy (non-hydrogen) atoms. The average Bonchev–Trinajstić information content (AvgIpc) is 2.93. The topological polar surface area (TPSA) is 18.5 Å². The zero-order chi connectivity index (χ0) is 20.2. The van der Waals surface area contributed by atoms with E-state index in [0.717, 1.165) is 5.46 Å². The van der Waals surface area contributed by atoms with Crippen molar-refractivity contribution in [3.63, 3.8) is 0 Å². The van der Waals surface area contributed by atoms with Crippen LogP contribution in [0.3, 0.4) is 0 Å². The molecule has 0 aromatic heterocycles. The van der Waals surface area contributed by atoms with E-state index in [9.17, 15) is 0 Å². The smallest absolute Gasteiger partial charge is 0.399 e. The summed E-state index contributed by atoms with van der Waals surface area (Å²) < 4.78 is 12.4. The zero-order valence-corrected chi connectivity index (χ0v) is 17.4. The van der Waals surface area contributed by atoms with E-state index in [4.69, 9.17) is 9.31 Å². The standard InChI is InChI=1S/C26H25BO2/c1-25(2)26(3,4)29-27(28-25)21-15-13-18(14-16-21)24-22-11-7-5-9-19(22)17-20-10-6-8-12-23(20)24/h5-17H,1-4H3. The van der Waals surface area contributed by atoms with Gasteiger partial charge in [0.2, 0.25) is 0 Å². The quantitative estimate of drug-likeness (QED) is 0.316. The van der Waals surface area contributed by atoms with Gasteiger partial charge in [-0.05, 0) is 71.9 Å². The van der Waals surface area contributed by atoms with Crippen LogP contribution in [0.1, 0.15) is 27.7 Å². The molecule has 0 amide bonds. The van der Waals surface area contributed by atoms with Gasteiger partial charge < -0.3 is 9.31 Å². The third-order valence-corrected chi connectivity index (χ3v) is 6.50. The Labute approximate surface area is 172 Å². The van der Waals surface area contributed by atoms with E-state index in [1.54, 1.807) is 0 Å². The number of hydrogen-bond acceptors (Lipinski definition) is 2. The number of rotatable bonds is 2. The summed E-state index contributed by atoms with van der Waals surface area (Å²) in [4.78, 5) is 0. The van der Waals surface area contributed by atoms with Crippen LogP contribution in [0, 0.1) is 0 Å². The third-order valence-electron chi connectivity index (χ3n) is 6.50. The molecule has 0 N–H and O–H groups in total.